The predicted molar refractivity (Wildman–Crippen MR) is 101 cm³/mol. The van der Waals surface area contributed by atoms with Crippen molar-refractivity contribution in [2.45, 2.75) is 45.1 Å². The van der Waals surface area contributed by atoms with E-state index in [2.05, 4.69) is 26.6 Å². The highest BCUT2D eigenvalue weighted by Crippen LogP contribution is 2.29. The molecule has 25 heavy (non-hydrogen) atoms. The van der Waals surface area contributed by atoms with Crippen molar-refractivity contribution in [2.75, 3.05) is 11.9 Å². The molecule has 1 heterocycles. The van der Waals surface area contributed by atoms with E-state index in [1.807, 2.05) is 13.8 Å². The van der Waals surface area contributed by atoms with Crippen molar-refractivity contribution >= 4 is 51.1 Å². The number of amides is 4. The van der Waals surface area contributed by atoms with Gasteiger partial charge in [0.2, 0.25) is 5.91 Å². The molecule has 1 fully saturated rings. The Morgan fingerprint density at radius 1 is 1.28 bits per heavy atom. The van der Waals surface area contributed by atoms with E-state index in [1.54, 1.807) is 18.2 Å². The van der Waals surface area contributed by atoms with Crippen molar-refractivity contribution in [2.24, 2.45) is 0 Å². The normalized spacial score (nSPS) is 16.1. The second-order valence-corrected chi connectivity index (χ2v) is 7.40. The van der Waals surface area contributed by atoms with Gasteiger partial charge in [0, 0.05) is 4.47 Å². The molecule has 6 nitrogen and oxygen atoms in total. The van der Waals surface area contributed by atoms with Crippen LogP contribution in [-0.2, 0) is 9.59 Å². The molecule has 0 unspecified atom stereocenters. The Labute approximate surface area is 160 Å². The Bertz CT molecular complexity index is 690. The monoisotopic (exact) mass is 429 g/mol. The molecule has 4 amide bonds. The van der Waals surface area contributed by atoms with Crippen molar-refractivity contribution in [3.8, 4) is 0 Å². The van der Waals surface area contributed by atoms with Crippen LogP contribution in [0.25, 0.3) is 0 Å². The summed E-state index contributed by atoms with van der Waals surface area (Å²) in [7, 11) is 0. The summed E-state index contributed by atoms with van der Waals surface area (Å²) >= 11 is 9.36. The molecule has 2 rings (SSSR count). The zero-order chi connectivity index (χ0) is 18.6. The van der Waals surface area contributed by atoms with Crippen LogP contribution in [0.3, 0.4) is 0 Å². The maximum absolute atomic E-state index is 12.7. The van der Waals surface area contributed by atoms with Gasteiger partial charge in [-0.05, 0) is 31.0 Å². The molecule has 0 atom stereocenters. The van der Waals surface area contributed by atoms with Crippen LogP contribution < -0.4 is 10.6 Å². The highest BCUT2D eigenvalue weighted by atomic mass is 79.9. The van der Waals surface area contributed by atoms with Gasteiger partial charge in [-0.3, -0.25) is 14.5 Å². The van der Waals surface area contributed by atoms with Gasteiger partial charge in [0.1, 0.15) is 12.1 Å². The second kappa shape index (κ2) is 8.19. The molecule has 0 bridgehead atoms. The first-order valence-electron chi connectivity index (χ1n) is 8.22. The summed E-state index contributed by atoms with van der Waals surface area (Å²) in [4.78, 5) is 38.2. The Morgan fingerprint density at radius 2 is 1.92 bits per heavy atom. The zero-order valence-corrected chi connectivity index (χ0v) is 16.5. The van der Waals surface area contributed by atoms with Crippen LogP contribution in [0.15, 0.2) is 22.7 Å². The number of benzene rings is 1. The standard InChI is InChI=1S/C17H21BrClN3O3/c1-3-7-17(8-4-2)15(24)22(16(25)21-17)10-14(23)20-13-6-5-11(18)9-12(13)19/h5-6,9H,3-4,7-8,10H2,1-2H3,(H,20,23)(H,21,25). The van der Waals surface area contributed by atoms with E-state index in [-0.39, 0.29) is 12.5 Å². The zero-order valence-electron chi connectivity index (χ0n) is 14.2. The number of hydrogen-bond donors (Lipinski definition) is 2. The Hall–Kier alpha value is -1.60. The van der Waals surface area contributed by atoms with Crippen molar-refractivity contribution in [1.82, 2.24) is 10.2 Å². The van der Waals surface area contributed by atoms with Gasteiger partial charge in [0.25, 0.3) is 5.91 Å². The predicted octanol–water partition coefficient (Wildman–Crippen LogP) is 3.93. The van der Waals surface area contributed by atoms with Gasteiger partial charge in [0.05, 0.1) is 10.7 Å². The number of imide groups is 1. The van der Waals surface area contributed by atoms with Gasteiger partial charge in [0.15, 0.2) is 0 Å². The van der Waals surface area contributed by atoms with Crippen LogP contribution >= 0.6 is 27.5 Å². The maximum Gasteiger partial charge on any atom is 0.325 e. The molecule has 0 radical (unpaired) electrons. The highest BCUT2D eigenvalue weighted by Gasteiger charge is 2.50. The molecule has 2 N–H and O–H groups in total. The van der Waals surface area contributed by atoms with Crippen LogP contribution in [0.1, 0.15) is 39.5 Å². The van der Waals surface area contributed by atoms with E-state index in [1.165, 1.54) is 0 Å². The number of hydrogen-bond acceptors (Lipinski definition) is 3. The smallest absolute Gasteiger partial charge is 0.323 e. The highest BCUT2D eigenvalue weighted by molar-refractivity contribution is 9.10. The Morgan fingerprint density at radius 3 is 2.48 bits per heavy atom. The van der Waals surface area contributed by atoms with Crippen molar-refractivity contribution in [3.05, 3.63) is 27.7 Å². The van der Waals surface area contributed by atoms with E-state index in [9.17, 15) is 14.4 Å². The van der Waals surface area contributed by atoms with Crippen LogP contribution in [-0.4, -0.2) is 34.8 Å². The van der Waals surface area contributed by atoms with Gasteiger partial charge in [-0.1, -0.05) is 54.2 Å². The number of halogens is 2. The number of rotatable bonds is 7. The third-order valence-electron chi connectivity index (χ3n) is 4.11. The molecule has 1 aliphatic rings. The lowest BCUT2D eigenvalue weighted by molar-refractivity contribution is -0.134. The lowest BCUT2D eigenvalue weighted by atomic mass is 9.88. The molecule has 1 saturated heterocycles. The van der Waals surface area contributed by atoms with Crippen LogP contribution in [0.2, 0.25) is 5.02 Å². The topological polar surface area (TPSA) is 78.5 Å². The average molecular weight is 431 g/mol. The molecule has 8 heteroatoms. The first-order valence-corrected chi connectivity index (χ1v) is 9.39. The summed E-state index contributed by atoms with van der Waals surface area (Å²) in [6.45, 7) is 3.58. The lowest BCUT2D eigenvalue weighted by Crippen LogP contribution is -2.47. The van der Waals surface area contributed by atoms with E-state index < -0.39 is 17.5 Å². The molecular weight excluding hydrogens is 410 g/mol. The molecule has 1 aromatic carbocycles. The summed E-state index contributed by atoms with van der Waals surface area (Å²) in [5.41, 5.74) is -0.467. The lowest BCUT2D eigenvalue weighted by Gasteiger charge is -2.25. The maximum atomic E-state index is 12.7. The largest absolute Gasteiger partial charge is 0.325 e. The minimum Gasteiger partial charge on any atom is -0.323 e. The van der Waals surface area contributed by atoms with Gasteiger partial charge in [-0.15, -0.1) is 0 Å². The summed E-state index contributed by atoms with van der Waals surface area (Å²) in [5.74, 6) is -0.810. The molecule has 1 aromatic rings. The molecule has 0 spiro atoms. The summed E-state index contributed by atoms with van der Waals surface area (Å²) < 4.78 is 0.786. The third kappa shape index (κ3) is 4.33. The first kappa shape index (κ1) is 19.7. The number of carbonyl (C=O) groups is 3. The van der Waals surface area contributed by atoms with E-state index in [0.717, 1.165) is 22.2 Å². The number of nitrogens with one attached hydrogen (secondary N) is 2. The Balaban J connectivity index is 2.09. The SMILES string of the molecule is CCCC1(CCC)NC(=O)N(CC(=O)Nc2ccc(Br)cc2Cl)C1=O. The van der Waals surface area contributed by atoms with Crippen LogP contribution in [0.5, 0.6) is 0 Å². The van der Waals surface area contributed by atoms with E-state index in [4.69, 9.17) is 11.6 Å². The quantitative estimate of drug-likeness (QED) is 0.643. The molecule has 136 valence electrons. The molecular formula is C17H21BrClN3O3. The number of nitrogens with zero attached hydrogens (tertiary/aromatic N) is 1. The molecule has 0 saturated carbocycles. The molecule has 1 aliphatic heterocycles. The van der Waals surface area contributed by atoms with Crippen LogP contribution in [0.4, 0.5) is 10.5 Å². The fourth-order valence-electron chi connectivity index (χ4n) is 3.06. The summed E-state index contributed by atoms with van der Waals surface area (Å²) in [5, 5.41) is 5.78. The van der Waals surface area contributed by atoms with Crippen molar-refractivity contribution in [1.29, 1.82) is 0 Å². The summed E-state index contributed by atoms with van der Waals surface area (Å²) in [6, 6.07) is 4.51. The number of carbonyl (C=O) groups excluding carboxylic acids is 3. The Kier molecular flexibility index (Phi) is 6.46. The minimum absolute atomic E-state index is 0.335. The van der Waals surface area contributed by atoms with Crippen LogP contribution in [0, 0.1) is 0 Å². The fraction of sp³-hybridized carbons (Fsp3) is 0.471. The van der Waals surface area contributed by atoms with Gasteiger partial charge in [-0.2, -0.15) is 0 Å². The van der Waals surface area contributed by atoms with Crippen molar-refractivity contribution < 1.29 is 14.4 Å². The van der Waals surface area contributed by atoms with E-state index >= 15 is 0 Å². The third-order valence-corrected chi connectivity index (χ3v) is 4.91. The minimum atomic E-state index is -0.893. The molecule has 0 aliphatic carbocycles. The summed E-state index contributed by atoms with van der Waals surface area (Å²) in [6.07, 6.45) is 2.64. The van der Waals surface area contributed by atoms with E-state index in [0.29, 0.717) is 23.6 Å². The molecule has 0 aromatic heterocycles. The first-order chi connectivity index (χ1) is 11.8. The van der Waals surface area contributed by atoms with Crippen molar-refractivity contribution in [3.63, 3.8) is 0 Å². The fourth-order valence-corrected chi connectivity index (χ4v) is 3.78. The van der Waals surface area contributed by atoms with Gasteiger partial charge in [-0.25, -0.2) is 4.79 Å². The number of urea groups is 1. The average Bonchev–Trinajstić information content (AvgIpc) is 2.75. The second-order valence-electron chi connectivity index (χ2n) is 6.08. The van der Waals surface area contributed by atoms with Gasteiger partial charge >= 0.3 is 6.03 Å². The van der Waals surface area contributed by atoms with Gasteiger partial charge < -0.3 is 10.6 Å². The number of anilines is 1.